The number of amides is 4. The Balaban J connectivity index is 1.34. The van der Waals surface area contributed by atoms with Gasteiger partial charge in [-0.25, -0.2) is 4.79 Å². The quantitative estimate of drug-likeness (QED) is 0.659. The maximum absolute atomic E-state index is 12.2. The molecule has 2 fully saturated rings. The summed E-state index contributed by atoms with van der Waals surface area (Å²) in [7, 11) is 1.56. The minimum atomic E-state index is -0.418. The third kappa shape index (κ3) is 6.73. The number of hydrogen-bond donors (Lipinski definition) is 3. The van der Waals surface area contributed by atoms with Gasteiger partial charge in [0.2, 0.25) is 5.91 Å². The van der Waals surface area contributed by atoms with Crippen LogP contribution in [0.2, 0.25) is 0 Å². The lowest BCUT2D eigenvalue weighted by atomic mass is 9.96. The van der Waals surface area contributed by atoms with Crippen LogP contribution in [0, 0.1) is 0 Å². The molecule has 1 heterocycles. The molecule has 0 radical (unpaired) electrons. The van der Waals surface area contributed by atoms with Crippen LogP contribution in [0.3, 0.4) is 0 Å². The molecule has 3 N–H and O–H groups in total. The second kappa shape index (κ2) is 11.0. The molecule has 0 bridgehead atoms. The Morgan fingerprint density at radius 3 is 2.13 bits per heavy atom. The second-order valence-electron chi connectivity index (χ2n) is 8.11. The van der Waals surface area contributed by atoms with Gasteiger partial charge in [0.1, 0.15) is 5.75 Å². The summed E-state index contributed by atoms with van der Waals surface area (Å²) in [5, 5.41) is 8.57. The standard InChI is InChI=1S/C22H32N4O4/c1-30-19-9-7-16(8-10-19)21(28)25-20(27)15-26-13-11-18(12-14-26)24-22(29)23-17-5-3-2-4-6-17/h7-10,17-18H,2-6,11-15H2,1H3,(H2,23,24,29)(H,25,27,28). The summed E-state index contributed by atoms with van der Waals surface area (Å²) in [6.45, 7) is 1.58. The van der Waals surface area contributed by atoms with E-state index >= 15 is 0 Å². The minimum absolute atomic E-state index is 0.0804. The van der Waals surface area contributed by atoms with Crippen LogP contribution in [0.15, 0.2) is 24.3 Å². The van der Waals surface area contributed by atoms with Gasteiger partial charge in [0.05, 0.1) is 13.7 Å². The molecule has 2 aliphatic rings. The zero-order valence-corrected chi connectivity index (χ0v) is 17.6. The molecule has 1 saturated heterocycles. The second-order valence-corrected chi connectivity index (χ2v) is 8.11. The molecule has 3 rings (SSSR count). The Kier molecular flexibility index (Phi) is 8.07. The number of rotatable bonds is 6. The fourth-order valence-electron chi connectivity index (χ4n) is 4.08. The van der Waals surface area contributed by atoms with Gasteiger partial charge in [-0.15, -0.1) is 0 Å². The van der Waals surface area contributed by atoms with Crippen LogP contribution in [-0.4, -0.2) is 61.6 Å². The van der Waals surface area contributed by atoms with Crippen LogP contribution in [0.4, 0.5) is 4.79 Å². The topological polar surface area (TPSA) is 99.8 Å². The number of imide groups is 1. The van der Waals surface area contributed by atoms with Gasteiger partial charge in [-0.2, -0.15) is 0 Å². The highest BCUT2D eigenvalue weighted by Gasteiger charge is 2.24. The van der Waals surface area contributed by atoms with E-state index in [1.165, 1.54) is 19.3 Å². The molecule has 0 aromatic heterocycles. The SMILES string of the molecule is COc1ccc(C(=O)NC(=O)CN2CCC(NC(=O)NC3CCCCC3)CC2)cc1. The molecule has 1 aliphatic carbocycles. The number of likely N-dealkylation sites (tertiary alicyclic amines) is 1. The van der Waals surface area contributed by atoms with Crippen molar-refractivity contribution in [1.82, 2.24) is 20.9 Å². The van der Waals surface area contributed by atoms with Crippen LogP contribution in [0.25, 0.3) is 0 Å². The van der Waals surface area contributed by atoms with Crippen molar-refractivity contribution in [3.8, 4) is 5.75 Å². The van der Waals surface area contributed by atoms with Crippen molar-refractivity contribution in [1.29, 1.82) is 0 Å². The van der Waals surface area contributed by atoms with Gasteiger partial charge in [-0.05, 0) is 49.9 Å². The number of urea groups is 1. The lowest BCUT2D eigenvalue weighted by Gasteiger charge is -2.32. The Labute approximate surface area is 177 Å². The molecule has 0 atom stereocenters. The molecule has 1 aliphatic heterocycles. The van der Waals surface area contributed by atoms with E-state index in [0.29, 0.717) is 30.4 Å². The van der Waals surface area contributed by atoms with E-state index in [-0.39, 0.29) is 24.5 Å². The summed E-state index contributed by atoms with van der Waals surface area (Å²) >= 11 is 0. The van der Waals surface area contributed by atoms with E-state index in [9.17, 15) is 14.4 Å². The average Bonchev–Trinajstić information content (AvgIpc) is 2.75. The van der Waals surface area contributed by atoms with Crippen LogP contribution in [-0.2, 0) is 4.79 Å². The molecule has 8 nitrogen and oxygen atoms in total. The Bertz CT molecular complexity index is 723. The minimum Gasteiger partial charge on any atom is -0.497 e. The van der Waals surface area contributed by atoms with E-state index in [1.807, 2.05) is 4.90 Å². The molecule has 0 unspecified atom stereocenters. The summed E-state index contributed by atoms with van der Waals surface area (Å²) in [5.74, 6) is -0.0855. The number of ether oxygens (including phenoxy) is 1. The average molecular weight is 417 g/mol. The molecule has 8 heteroatoms. The van der Waals surface area contributed by atoms with Crippen molar-refractivity contribution in [2.45, 2.75) is 57.0 Å². The number of hydrogen-bond acceptors (Lipinski definition) is 5. The molecule has 4 amide bonds. The Hall–Kier alpha value is -2.61. The number of piperidine rings is 1. The predicted molar refractivity (Wildman–Crippen MR) is 113 cm³/mol. The van der Waals surface area contributed by atoms with Crippen molar-refractivity contribution in [3.05, 3.63) is 29.8 Å². The zero-order valence-electron chi connectivity index (χ0n) is 17.6. The van der Waals surface area contributed by atoms with E-state index in [1.54, 1.807) is 31.4 Å². The summed E-state index contributed by atoms with van der Waals surface area (Å²) in [6.07, 6.45) is 7.35. The molecular weight excluding hydrogens is 384 g/mol. The van der Waals surface area contributed by atoms with Crippen molar-refractivity contribution >= 4 is 17.8 Å². The van der Waals surface area contributed by atoms with E-state index < -0.39 is 5.91 Å². The van der Waals surface area contributed by atoms with E-state index in [4.69, 9.17) is 4.74 Å². The summed E-state index contributed by atoms with van der Waals surface area (Å²) in [4.78, 5) is 38.6. The highest BCUT2D eigenvalue weighted by atomic mass is 16.5. The number of carbonyl (C=O) groups is 3. The number of carbonyl (C=O) groups excluding carboxylic acids is 3. The first kappa shape index (κ1) is 22.1. The third-order valence-corrected chi connectivity index (χ3v) is 5.84. The molecule has 1 saturated carbocycles. The third-order valence-electron chi connectivity index (χ3n) is 5.84. The highest BCUT2D eigenvalue weighted by molar-refractivity contribution is 6.05. The monoisotopic (exact) mass is 416 g/mol. The first-order valence-corrected chi connectivity index (χ1v) is 10.8. The number of nitrogens with zero attached hydrogens (tertiary/aromatic N) is 1. The highest BCUT2D eigenvalue weighted by Crippen LogP contribution is 2.17. The van der Waals surface area contributed by atoms with E-state index in [2.05, 4.69) is 16.0 Å². The van der Waals surface area contributed by atoms with Gasteiger partial charge in [-0.1, -0.05) is 19.3 Å². The van der Waals surface area contributed by atoms with Crippen LogP contribution in [0.5, 0.6) is 5.75 Å². The molecule has 0 spiro atoms. The van der Waals surface area contributed by atoms with Gasteiger partial charge in [0.15, 0.2) is 0 Å². The van der Waals surface area contributed by atoms with Gasteiger partial charge in [0.25, 0.3) is 5.91 Å². The van der Waals surface area contributed by atoms with E-state index in [0.717, 1.165) is 25.7 Å². The van der Waals surface area contributed by atoms with Gasteiger partial charge in [-0.3, -0.25) is 19.8 Å². The van der Waals surface area contributed by atoms with Gasteiger partial charge in [0, 0.05) is 30.7 Å². The van der Waals surface area contributed by atoms with Crippen LogP contribution >= 0.6 is 0 Å². The normalized spacial score (nSPS) is 18.4. The summed E-state index contributed by atoms with van der Waals surface area (Å²) < 4.78 is 5.07. The van der Waals surface area contributed by atoms with Crippen molar-refractivity contribution in [2.75, 3.05) is 26.7 Å². The summed E-state index contributed by atoms with van der Waals surface area (Å²) in [5.41, 5.74) is 0.413. The Morgan fingerprint density at radius 1 is 0.933 bits per heavy atom. The predicted octanol–water partition coefficient (Wildman–Crippen LogP) is 2.05. The molecule has 30 heavy (non-hydrogen) atoms. The fraction of sp³-hybridized carbons (Fsp3) is 0.591. The molecule has 1 aromatic rings. The Morgan fingerprint density at radius 2 is 1.53 bits per heavy atom. The van der Waals surface area contributed by atoms with Crippen LogP contribution < -0.4 is 20.7 Å². The maximum Gasteiger partial charge on any atom is 0.315 e. The summed E-state index contributed by atoms with van der Waals surface area (Å²) in [6, 6.07) is 6.94. The number of nitrogens with one attached hydrogen (secondary N) is 3. The molecule has 1 aromatic carbocycles. The van der Waals surface area contributed by atoms with Crippen molar-refractivity contribution in [3.63, 3.8) is 0 Å². The largest absolute Gasteiger partial charge is 0.497 e. The van der Waals surface area contributed by atoms with Gasteiger partial charge < -0.3 is 15.4 Å². The molecule has 164 valence electrons. The lowest BCUT2D eigenvalue weighted by molar-refractivity contribution is -0.121. The van der Waals surface area contributed by atoms with Gasteiger partial charge >= 0.3 is 6.03 Å². The lowest BCUT2D eigenvalue weighted by Crippen LogP contribution is -2.51. The van der Waals surface area contributed by atoms with Crippen LogP contribution in [0.1, 0.15) is 55.3 Å². The maximum atomic E-state index is 12.2. The zero-order chi connectivity index (χ0) is 21.3. The smallest absolute Gasteiger partial charge is 0.315 e. The first-order valence-electron chi connectivity index (χ1n) is 10.8. The van der Waals surface area contributed by atoms with Crippen molar-refractivity contribution in [2.24, 2.45) is 0 Å². The number of benzene rings is 1. The van der Waals surface area contributed by atoms with Crippen molar-refractivity contribution < 1.29 is 19.1 Å². The number of methoxy groups -OCH3 is 1. The first-order chi connectivity index (χ1) is 14.5. The fourth-order valence-corrected chi connectivity index (χ4v) is 4.08. The molecular formula is C22H32N4O4.